The molecule has 26 heavy (non-hydrogen) atoms. The Hall–Kier alpha value is -2.89. The molecule has 1 aromatic carbocycles. The van der Waals surface area contributed by atoms with E-state index in [1.807, 2.05) is 0 Å². The second kappa shape index (κ2) is 5.56. The molecule has 0 spiro atoms. The van der Waals surface area contributed by atoms with Crippen LogP contribution < -0.4 is 4.74 Å². The third kappa shape index (κ3) is 2.01. The fourth-order valence-corrected chi connectivity index (χ4v) is 3.91. The van der Waals surface area contributed by atoms with Gasteiger partial charge in [0, 0.05) is 16.7 Å². The van der Waals surface area contributed by atoms with Gasteiger partial charge in [0.05, 0.1) is 11.0 Å². The summed E-state index contributed by atoms with van der Waals surface area (Å²) in [6, 6.07) is 0. The van der Waals surface area contributed by atoms with Crippen LogP contribution in [0.1, 0.15) is 54.2 Å². The average molecular weight is 356 g/mol. The molecule has 6 nitrogen and oxygen atoms in total. The van der Waals surface area contributed by atoms with E-state index in [0.29, 0.717) is 11.1 Å². The predicted molar refractivity (Wildman–Crippen MR) is 94.4 cm³/mol. The molecule has 0 radical (unpaired) electrons. The molecule has 2 N–H and O–H groups in total. The van der Waals surface area contributed by atoms with Crippen LogP contribution in [0.5, 0.6) is 11.5 Å². The standard InChI is InChI=1S/C20H20O6/c1-6-7-20(5)13-9(4)11-12(17(24)18(13)26-19(20)25)14(21)10(8(2)3)15(22)16(11)23/h6,8,21,24H,1,7H2,2-5H3/t20-/m1/s1. The fourth-order valence-electron chi connectivity index (χ4n) is 3.91. The topological polar surface area (TPSA) is 101 Å². The zero-order chi connectivity index (χ0) is 19.5. The molecule has 0 fully saturated rings. The van der Waals surface area contributed by atoms with Crippen molar-refractivity contribution in [2.24, 2.45) is 5.92 Å². The Bertz CT molecular complexity index is 934. The van der Waals surface area contributed by atoms with Crippen LogP contribution in [0.25, 0.3) is 5.76 Å². The van der Waals surface area contributed by atoms with Gasteiger partial charge < -0.3 is 14.9 Å². The first-order valence-corrected chi connectivity index (χ1v) is 8.33. The molecule has 0 amide bonds. The number of ketones is 2. The summed E-state index contributed by atoms with van der Waals surface area (Å²) in [4.78, 5) is 37.7. The lowest BCUT2D eigenvalue weighted by Gasteiger charge is -2.26. The number of carbonyl (C=O) groups is 3. The Morgan fingerprint density at radius 3 is 2.31 bits per heavy atom. The quantitative estimate of drug-likeness (QED) is 0.373. The minimum atomic E-state index is -1.13. The lowest BCUT2D eigenvalue weighted by molar-refractivity contribution is -0.137. The van der Waals surface area contributed by atoms with E-state index in [9.17, 15) is 24.6 Å². The Kier molecular flexibility index (Phi) is 3.83. The summed E-state index contributed by atoms with van der Waals surface area (Å²) in [5, 5.41) is 21.3. The van der Waals surface area contributed by atoms with Gasteiger partial charge in [0.2, 0.25) is 11.6 Å². The zero-order valence-corrected chi connectivity index (χ0v) is 15.1. The van der Waals surface area contributed by atoms with Gasteiger partial charge in [-0.1, -0.05) is 19.9 Å². The molecule has 1 aliphatic carbocycles. The molecule has 1 atom stereocenters. The first kappa shape index (κ1) is 17.9. The molecule has 0 bridgehead atoms. The number of phenolic OH excluding ortho intramolecular Hbond substituents is 1. The lowest BCUT2D eigenvalue weighted by atomic mass is 9.73. The van der Waals surface area contributed by atoms with E-state index in [1.54, 1.807) is 33.8 Å². The smallest absolute Gasteiger partial charge is 0.322 e. The maximum absolute atomic E-state index is 12.7. The summed E-state index contributed by atoms with van der Waals surface area (Å²) in [6.45, 7) is 10.2. The number of phenols is 1. The SMILES string of the molecule is C=CC[C@@]1(C)C(=O)Oc2c(O)c3c(c(C)c21)C(=O)C(=O)C(C(C)C)=C3O. The van der Waals surface area contributed by atoms with Gasteiger partial charge in [0.1, 0.15) is 5.76 Å². The van der Waals surface area contributed by atoms with Crippen LogP contribution in [-0.2, 0) is 15.0 Å². The monoisotopic (exact) mass is 356 g/mol. The molecule has 1 aliphatic heterocycles. The second-order valence-corrected chi connectivity index (χ2v) is 7.22. The Labute approximate surface area is 150 Å². The van der Waals surface area contributed by atoms with Crippen molar-refractivity contribution in [3.63, 3.8) is 0 Å². The molecule has 136 valence electrons. The number of ether oxygens (including phenoxy) is 1. The summed E-state index contributed by atoms with van der Waals surface area (Å²) in [5.41, 5.74) is -0.729. The number of Topliss-reactive ketones (excluding diaryl/α,β-unsaturated/α-hetero) is 2. The molecule has 0 saturated heterocycles. The van der Waals surface area contributed by atoms with Gasteiger partial charge in [-0.15, -0.1) is 6.58 Å². The first-order valence-electron chi connectivity index (χ1n) is 8.33. The third-order valence-electron chi connectivity index (χ3n) is 5.18. The summed E-state index contributed by atoms with van der Waals surface area (Å²) < 4.78 is 5.29. The van der Waals surface area contributed by atoms with Gasteiger partial charge in [-0.2, -0.15) is 0 Å². The van der Waals surface area contributed by atoms with E-state index >= 15 is 0 Å². The number of esters is 1. The van der Waals surface area contributed by atoms with Crippen molar-refractivity contribution in [1.82, 2.24) is 0 Å². The minimum Gasteiger partial charge on any atom is -0.507 e. The lowest BCUT2D eigenvalue weighted by Crippen LogP contribution is -2.32. The number of rotatable bonds is 3. The van der Waals surface area contributed by atoms with E-state index in [-0.39, 0.29) is 28.9 Å². The zero-order valence-electron chi connectivity index (χ0n) is 15.1. The number of aliphatic hydroxyl groups is 1. The number of allylic oxidation sites excluding steroid dienone is 2. The average Bonchev–Trinajstić information content (AvgIpc) is 2.81. The van der Waals surface area contributed by atoms with Gasteiger partial charge in [-0.3, -0.25) is 14.4 Å². The first-order chi connectivity index (χ1) is 12.1. The van der Waals surface area contributed by atoms with Crippen molar-refractivity contribution < 1.29 is 29.3 Å². The second-order valence-electron chi connectivity index (χ2n) is 7.22. The van der Waals surface area contributed by atoms with Crippen LogP contribution in [-0.4, -0.2) is 27.7 Å². The maximum atomic E-state index is 12.7. The highest BCUT2D eigenvalue weighted by Gasteiger charge is 2.50. The molecule has 0 aromatic heterocycles. The molecule has 6 heteroatoms. The maximum Gasteiger partial charge on any atom is 0.322 e. The van der Waals surface area contributed by atoms with Crippen molar-refractivity contribution in [3.05, 3.63) is 40.5 Å². The predicted octanol–water partition coefficient (Wildman–Crippen LogP) is 3.14. The Morgan fingerprint density at radius 1 is 1.15 bits per heavy atom. The van der Waals surface area contributed by atoms with Crippen LogP contribution in [0.15, 0.2) is 18.2 Å². The molecule has 1 aromatic rings. The highest BCUT2D eigenvalue weighted by Crippen LogP contribution is 2.53. The molecule has 0 unspecified atom stereocenters. The van der Waals surface area contributed by atoms with Gasteiger partial charge >= 0.3 is 5.97 Å². The summed E-state index contributed by atoms with van der Waals surface area (Å²) in [5.74, 6) is -3.64. The van der Waals surface area contributed by atoms with Gasteiger partial charge in [0.25, 0.3) is 0 Å². The van der Waals surface area contributed by atoms with Crippen molar-refractivity contribution in [2.45, 2.75) is 39.5 Å². The van der Waals surface area contributed by atoms with Gasteiger partial charge in [-0.25, -0.2) is 0 Å². The molecule has 2 aliphatic rings. The van der Waals surface area contributed by atoms with Crippen molar-refractivity contribution in [1.29, 1.82) is 0 Å². The normalized spacial score (nSPS) is 21.8. The van der Waals surface area contributed by atoms with E-state index < -0.39 is 40.4 Å². The van der Waals surface area contributed by atoms with Crippen LogP contribution in [0.2, 0.25) is 0 Å². The van der Waals surface area contributed by atoms with Gasteiger partial charge in [-0.05, 0) is 31.7 Å². The van der Waals surface area contributed by atoms with Crippen molar-refractivity contribution in [2.75, 3.05) is 0 Å². The number of aromatic hydroxyl groups is 1. The van der Waals surface area contributed by atoms with Crippen molar-refractivity contribution in [3.8, 4) is 11.5 Å². The highest BCUT2D eigenvalue weighted by atomic mass is 16.5. The molecule has 1 heterocycles. The summed E-state index contributed by atoms with van der Waals surface area (Å²) in [7, 11) is 0. The fraction of sp³-hybridized carbons (Fsp3) is 0.350. The Balaban J connectivity index is 2.45. The number of hydrogen-bond donors (Lipinski definition) is 2. The van der Waals surface area contributed by atoms with Crippen LogP contribution in [0.3, 0.4) is 0 Å². The Morgan fingerprint density at radius 2 is 1.77 bits per heavy atom. The molecular weight excluding hydrogens is 336 g/mol. The molecule has 3 rings (SSSR count). The number of benzene rings is 1. The van der Waals surface area contributed by atoms with Crippen LogP contribution in [0, 0.1) is 12.8 Å². The van der Waals surface area contributed by atoms with E-state index in [1.165, 1.54) is 0 Å². The van der Waals surface area contributed by atoms with Crippen molar-refractivity contribution >= 4 is 23.3 Å². The summed E-state index contributed by atoms with van der Waals surface area (Å²) >= 11 is 0. The van der Waals surface area contributed by atoms with E-state index in [4.69, 9.17) is 4.74 Å². The molecule has 0 saturated carbocycles. The number of aliphatic hydroxyl groups excluding tert-OH is 1. The number of carbonyl (C=O) groups excluding carboxylic acids is 3. The summed E-state index contributed by atoms with van der Waals surface area (Å²) in [6.07, 6.45) is 1.78. The van der Waals surface area contributed by atoms with Gasteiger partial charge in [0.15, 0.2) is 11.5 Å². The largest absolute Gasteiger partial charge is 0.507 e. The molecular formula is C20H20O6. The number of hydrogen-bond acceptors (Lipinski definition) is 6. The van der Waals surface area contributed by atoms with Crippen LogP contribution >= 0.6 is 0 Å². The van der Waals surface area contributed by atoms with E-state index in [0.717, 1.165) is 0 Å². The highest BCUT2D eigenvalue weighted by molar-refractivity contribution is 6.52. The van der Waals surface area contributed by atoms with E-state index in [2.05, 4.69) is 6.58 Å². The minimum absolute atomic E-state index is 0.0599. The van der Waals surface area contributed by atoms with Crippen LogP contribution in [0.4, 0.5) is 0 Å². The number of fused-ring (bicyclic) bond motifs is 2. The third-order valence-corrected chi connectivity index (χ3v) is 5.18.